The predicted octanol–water partition coefficient (Wildman–Crippen LogP) is 2.44. The van der Waals surface area contributed by atoms with Gasteiger partial charge in [-0.3, -0.25) is 9.69 Å². The maximum absolute atomic E-state index is 12.5. The number of carbonyl (C=O) groups is 1. The van der Waals surface area contributed by atoms with Crippen molar-refractivity contribution in [2.45, 2.75) is 19.9 Å². The fraction of sp³-hybridized carbons (Fsp3) is 0.444. The molecule has 0 aliphatic carbocycles. The monoisotopic (exact) mass is 363 g/mol. The van der Waals surface area contributed by atoms with Crippen molar-refractivity contribution >= 4 is 17.5 Å². The summed E-state index contributed by atoms with van der Waals surface area (Å²) in [6.07, 6.45) is 0.735. The third-order valence-electron chi connectivity index (χ3n) is 4.30. The van der Waals surface area contributed by atoms with E-state index in [-0.39, 0.29) is 5.91 Å². The number of amides is 1. The first-order chi connectivity index (χ1) is 12.1. The van der Waals surface area contributed by atoms with E-state index in [0.717, 1.165) is 30.6 Å². The van der Waals surface area contributed by atoms with E-state index in [1.165, 1.54) is 0 Å². The van der Waals surface area contributed by atoms with Crippen molar-refractivity contribution in [3.05, 3.63) is 51.9 Å². The van der Waals surface area contributed by atoms with E-state index in [9.17, 15) is 4.79 Å². The van der Waals surface area contributed by atoms with Crippen molar-refractivity contribution in [2.75, 3.05) is 32.8 Å². The van der Waals surface area contributed by atoms with Gasteiger partial charge in [0.2, 0.25) is 0 Å². The van der Waals surface area contributed by atoms with Gasteiger partial charge in [0.25, 0.3) is 5.91 Å². The third-order valence-corrected chi connectivity index (χ3v) is 4.55. The lowest BCUT2D eigenvalue weighted by Crippen LogP contribution is -2.36. The molecule has 0 unspecified atom stereocenters. The molecule has 0 radical (unpaired) electrons. The molecule has 7 heteroatoms. The summed E-state index contributed by atoms with van der Waals surface area (Å²) in [7, 11) is 0. The number of halogens is 1. The summed E-state index contributed by atoms with van der Waals surface area (Å²) in [5.74, 6) is 0.489. The van der Waals surface area contributed by atoms with Crippen LogP contribution in [0.15, 0.2) is 28.8 Å². The quantitative estimate of drug-likeness (QED) is 0.853. The van der Waals surface area contributed by atoms with Crippen molar-refractivity contribution in [1.82, 2.24) is 15.4 Å². The Morgan fingerprint density at radius 1 is 1.28 bits per heavy atom. The number of ether oxygens (including phenoxy) is 1. The van der Waals surface area contributed by atoms with Gasteiger partial charge in [-0.25, -0.2) is 0 Å². The summed E-state index contributed by atoms with van der Waals surface area (Å²) >= 11 is 5.88. The molecule has 0 saturated carbocycles. The molecule has 1 fully saturated rings. The van der Waals surface area contributed by atoms with Gasteiger partial charge in [-0.05, 0) is 31.0 Å². The Hall–Kier alpha value is -1.89. The van der Waals surface area contributed by atoms with Crippen molar-refractivity contribution in [2.24, 2.45) is 0 Å². The molecule has 0 atom stereocenters. The van der Waals surface area contributed by atoms with Crippen LogP contribution < -0.4 is 5.32 Å². The van der Waals surface area contributed by atoms with E-state index in [4.69, 9.17) is 20.9 Å². The average Bonchev–Trinajstić information content (AvgIpc) is 2.98. The van der Waals surface area contributed by atoms with Gasteiger partial charge in [-0.2, -0.15) is 0 Å². The lowest BCUT2D eigenvalue weighted by molar-refractivity contribution is 0.0339. The molecule has 0 spiro atoms. The van der Waals surface area contributed by atoms with Gasteiger partial charge in [-0.1, -0.05) is 28.9 Å². The lowest BCUT2D eigenvalue weighted by Gasteiger charge is -2.26. The van der Waals surface area contributed by atoms with Crippen LogP contribution in [0, 0.1) is 6.92 Å². The second-order valence-electron chi connectivity index (χ2n) is 6.09. The Bertz CT molecular complexity index is 709. The minimum Gasteiger partial charge on any atom is -0.379 e. The first kappa shape index (κ1) is 17.9. The maximum atomic E-state index is 12.5. The van der Waals surface area contributed by atoms with Crippen molar-refractivity contribution in [1.29, 1.82) is 0 Å². The molecule has 1 saturated heterocycles. The lowest BCUT2D eigenvalue weighted by atomic mass is 10.1. The number of nitrogens with zero attached hydrogens (tertiary/aromatic N) is 2. The number of morpholine rings is 1. The van der Waals surface area contributed by atoms with Gasteiger partial charge < -0.3 is 14.6 Å². The van der Waals surface area contributed by atoms with Crippen molar-refractivity contribution in [3.63, 3.8) is 0 Å². The number of carbonyl (C=O) groups excluding carboxylic acids is 1. The average molecular weight is 364 g/mol. The van der Waals surface area contributed by atoms with E-state index in [1.807, 2.05) is 31.2 Å². The molecular weight excluding hydrogens is 342 g/mol. The molecule has 1 aromatic carbocycles. The van der Waals surface area contributed by atoms with Gasteiger partial charge in [-0.15, -0.1) is 0 Å². The van der Waals surface area contributed by atoms with Gasteiger partial charge in [0.05, 0.1) is 13.2 Å². The number of nitrogens with one attached hydrogen (secondary N) is 1. The van der Waals surface area contributed by atoms with Gasteiger partial charge in [0, 0.05) is 36.8 Å². The summed E-state index contributed by atoms with van der Waals surface area (Å²) in [5.41, 5.74) is 2.35. The molecule has 2 aromatic rings. The van der Waals surface area contributed by atoms with Crippen molar-refractivity contribution in [3.8, 4) is 0 Å². The molecule has 2 heterocycles. The minimum absolute atomic E-state index is 0.200. The second-order valence-corrected chi connectivity index (χ2v) is 6.52. The molecule has 3 rings (SSSR count). The number of hydrogen-bond donors (Lipinski definition) is 1. The Balaban J connectivity index is 1.57. The van der Waals surface area contributed by atoms with Crippen LogP contribution in [0.3, 0.4) is 0 Å². The zero-order valence-electron chi connectivity index (χ0n) is 14.3. The summed E-state index contributed by atoms with van der Waals surface area (Å²) in [5, 5.41) is 7.58. The van der Waals surface area contributed by atoms with Crippen LogP contribution in [-0.4, -0.2) is 48.8 Å². The van der Waals surface area contributed by atoms with Gasteiger partial charge >= 0.3 is 0 Å². The van der Waals surface area contributed by atoms with Crippen LogP contribution in [0.1, 0.15) is 27.4 Å². The predicted molar refractivity (Wildman–Crippen MR) is 94.8 cm³/mol. The number of hydrogen-bond acceptors (Lipinski definition) is 5. The molecule has 1 aliphatic heterocycles. The molecule has 1 aliphatic rings. The van der Waals surface area contributed by atoms with Crippen LogP contribution in [-0.2, 0) is 17.7 Å². The summed E-state index contributed by atoms with van der Waals surface area (Å²) in [4.78, 5) is 14.7. The van der Waals surface area contributed by atoms with E-state index < -0.39 is 0 Å². The Labute approximate surface area is 152 Å². The topological polar surface area (TPSA) is 67.6 Å². The highest BCUT2D eigenvalue weighted by atomic mass is 35.5. The Kier molecular flexibility index (Phi) is 6.07. The van der Waals surface area contributed by atoms with E-state index in [2.05, 4.69) is 15.4 Å². The first-order valence-corrected chi connectivity index (χ1v) is 8.79. The fourth-order valence-electron chi connectivity index (χ4n) is 2.79. The largest absolute Gasteiger partial charge is 0.379 e. The van der Waals surface area contributed by atoms with Crippen LogP contribution in [0.5, 0.6) is 0 Å². The molecule has 25 heavy (non-hydrogen) atoms. The van der Waals surface area contributed by atoms with E-state index >= 15 is 0 Å². The molecule has 0 bridgehead atoms. The number of aromatic nitrogens is 1. The van der Waals surface area contributed by atoms with Crippen LogP contribution in [0.4, 0.5) is 0 Å². The molecular formula is C18H22ClN3O3. The Morgan fingerprint density at radius 3 is 2.72 bits per heavy atom. The normalized spacial score (nSPS) is 15.3. The summed E-state index contributed by atoms with van der Waals surface area (Å²) in [6, 6.07) is 7.61. The maximum Gasteiger partial charge on any atom is 0.273 e. The van der Waals surface area contributed by atoms with Gasteiger partial charge in [0.1, 0.15) is 5.76 Å². The smallest absolute Gasteiger partial charge is 0.273 e. The highest BCUT2D eigenvalue weighted by Crippen LogP contribution is 2.17. The minimum atomic E-state index is -0.200. The first-order valence-electron chi connectivity index (χ1n) is 8.41. The molecule has 1 N–H and O–H groups in total. The second kappa shape index (κ2) is 8.47. The van der Waals surface area contributed by atoms with E-state index in [0.29, 0.717) is 42.8 Å². The van der Waals surface area contributed by atoms with Crippen LogP contribution in [0.25, 0.3) is 0 Å². The molecule has 6 nitrogen and oxygen atoms in total. The highest BCUT2D eigenvalue weighted by molar-refractivity contribution is 6.30. The zero-order valence-corrected chi connectivity index (χ0v) is 15.0. The number of benzene rings is 1. The van der Waals surface area contributed by atoms with Crippen molar-refractivity contribution < 1.29 is 14.1 Å². The number of rotatable bonds is 6. The van der Waals surface area contributed by atoms with Crippen LogP contribution in [0.2, 0.25) is 5.02 Å². The summed E-state index contributed by atoms with van der Waals surface area (Å²) in [6.45, 7) is 6.15. The molecule has 134 valence electrons. The summed E-state index contributed by atoms with van der Waals surface area (Å²) < 4.78 is 10.6. The molecule has 1 aromatic heterocycles. The zero-order chi connectivity index (χ0) is 17.6. The fourth-order valence-corrected chi connectivity index (χ4v) is 2.92. The standard InChI is InChI=1S/C18H22ClN3O3/c1-13-16(12-22-8-10-24-11-9-22)17(21-25-13)18(23)20-7-6-14-2-4-15(19)5-3-14/h2-5H,6-12H2,1H3,(H,20,23). The molecule has 1 amide bonds. The third kappa shape index (κ3) is 4.81. The van der Waals surface area contributed by atoms with Gasteiger partial charge in [0.15, 0.2) is 5.69 Å². The van der Waals surface area contributed by atoms with Crippen LogP contribution >= 0.6 is 11.6 Å². The number of aryl methyl sites for hydroxylation is 1. The SMILES string of the molecule is Cc1onc(C(=O)NCCc2ccc(Cl)cc2)c1CN1CCOCC1. The highest BCUT2D eigenvalue weighted by Gasteiger charge is 2.22. The Morgan fingerprint density at radius 2 is 2.00 bits per heavy atom. The van der Waals surface area contributed by atoms with E-state index in [1.54, 1.807) is 0 Å².